The van der Waals surface area contributed by atoms with Crippen LogP contribution in [0.5, 0.6) is 0 Å². The Morgan fingerprint density at radius 1 is 1.00 bits per heavy atom. The number of anilines is 1. The van der Waals surface area contributed by atoms with Crippen molar-refractivity contribution in [1.29, 1.82) is 0 Å². The van der Waals surface area contributed by atoms with Crippen LogP contribution >= 0.6 is 15.9 Å². The van der Waals surface area contributed by atoms with E-state index in [1.54, 1.807) is 0 Å². The summed E-state index contributed by atoms with van der Waals surface area (Å²) in [7, 11) is 0. The van der Waals surface area contributed by atoms with Crippen LogP contribution in [-0.2, 0) is 5.41 Å². The molecular weight excluding hydrogens is 350 g/mol. The van der Waals surface area contributed by atoms with Crippen molar-refractivity contribution >= 4 is 27.5 Å². The summed E-state index contributed by atoms with van der Waals surface area (Å²) < 4.78 is 0.968. The lowest BCUT2D eigenvalue weighted by Gasteiger charge is -2.21. The van der Waals surface area contributed by atoms with Gasteiger partial charge >= 0.3 is 0 Å². The van der Waals surface area contributed by atoms with Crippen LogP contribution in [0.1, 0.15) is 53.4 Å². The lowest BCUT2D eigenvalue weighted by atomic mass is 9.86. The molecule has 0 heterocycles. The summed E-state index contributed by atoms with van der Waals surface area (Å²) in [5, 5.41) is 3.05. The van der Waals surface area contributed by atoms with E-state index in [-0.39, 0.29) is 11.3 Å². The highest BCUT2D eigenvalue weighted by Gasteiger charge is 2.19. The van der Waals surface area contributed by atoms with Gasteiger partial charge in [0.15, 0.2) is 0 Å². The second kappa shape index (κ2) is 6.48. The molecule has 0 fully saturated rings. The van der Waals surface area contributed by atoms with E-state index in [1.807, 2.05) is 32.0 Å². The molecule has 0 unspecified atom stereocenters. The largest absolute Gasteiger partial charge is 0.322 e. The maximum absolute atomic E-state index is 12.6. The first-order valence-electron chi connectivity index (χ1n) is 7.79. The van der Waals surface area contributed by atoms with Crippen LogP contribution in [0.3, 0.4) is 0 Å². The molecule has 0 spiro atoms. The number of nitrogens with one attached hydrogen (secondary N) is 1. The van der Waals surface area contributed by atoms with Crippen molar-refractivity contribution in [2.75, 3.05) is 5.32 Å². The van der Waals surface area contributed by atoms with Gasteiger partial charge in [0.2, 0.25) is 0 Å². The van der Waals surface area contributed by atoms with Crippen molar-refractivity contribution in [3.05, 3.63) is 62.6 Å². The SMILES string of the molecule is Cc1cc(C)c(NC(=O)c2ccc(C(C)(C)C)c(Br)c2)c(C)c1. The summed E-state index contributed by atoms with van der Waals surface area (Å²) in [6.45, 7) is 12.6. The number of hydrogen-bond acceptors (Lipinski definition) is 1. The summed E-state index contributed by atoms with van der Waals surface area (Å²) in [6, 6.07) is 9.98. The van der Waals surface area contributed by atoms with Crippen molar-refractivity contribution < 1.29 is 4.79 Å². The second-order valence-corrected chi connectivity index (χ2v) is 8.03. The van der Waals surface area contributed by atoms with Crippen LogP contribution in [0.4, 0.5) is 5.69 Å². The molecule has 0 atom stereocenters. The monoisotopic (exact) mass is 373 g/mol. The number of carbonyl (C=O) groups excluding carboxylic acids is 1. The summed E-state index contributed by atoms with van der Waals surface area (Å²) in [5.41, 5.74) is 6.16. The molecule has 1 amide bonds. The minimum atomic E-state index is -0.0822. The van der Waals surface area contributed by atoms with Gasteiger partial charge in [-0.1, -0.05) is 60.5 Å². The Hall–Kier alpha value is -1.61. The molecule has 2 aromatic carbocycles. The van der Waals surface area contributed by atoms with Gasteiger partial charge in [-0.05, 0) is 55.0 Å². The lowest BCUT2D eigenvalue weighted by Crippen LogP contribution is -2.16. The van der Waals surface area contributed by atoms with Gasteiger partial charge in [0.1, 0.15) is 0 Å². The Bertz CT molecular complexity index is 734. The van der Waals surface area contributed by atoms with E-state index >= 15 is 0 Å². The minimum Gasteiger partial charge on any atom is -0.322 e. The molecule has 2 rings (SSSR count). The van der Waals surface area contributed by atoms with E-state index in [0.29, 0.717) is 5.56 Å². The zero-order chi connectivity index (χ0) is 17.4. The Morgan fingerprint density at radius 3 is 2.04 bits per heavy atom. The molecule has 0 aliphatic carbocycles. The molecule has 0 radical (unpaired) electrons. The first-order valence-corrected chi connectivity index (χ1v) is 8.58. The number of benzene rings is 2. The molecule has 0 bridgehead atoms. The Kier molecular flexibility index (Phi) is 5.00. The summed E-state index contributed by atoms with van der Waals surface area (Å²) >= 11 is 3.60. The van der Waals surface area contributed by atoms with Crippen molar-refractivity contribution in [2.45, 2.75) is 47.0 Å². The van der Waals surface area contributed by atoms with Gasteiger partial charge in [0.25, 0.3) is 5.91 Å². The molecule has 3 heteroatoms. The molecule has 0 aliphatic rings. The van der Waals surface area contributed by atoms with E-state index in [1.165, 1.54) is 11.1 Å². The third-order valence-corrected chi connectivity index (χ3v) is 4.61. The first kappa shape index (κ1) is 17.7. The van der Waals surface area contributed by atoms with Gasteiger partial charge in [-0.15, -0.1) is 0 Å². The van der Waals surface area contributed by atoms with Gasteiger partial charge in [-0.2, -0.15) is 0 Å². The molecule has 23 heavy (non-hydrogen) atoms. The maximum Gasteiger partial charge on any atom is 0.255 e. The quantitative estimate of drug-likeness (QED) is 0.694. The van der Waals surface area contributed by atoms with Crippen molar-refractivity contribution in [2.24, 2.45) is 0 Å². The predicted molar refractivity (Wildman–Crippen MR) is 101 cm³/mol. The standard InChI is InChI=1S/C20H24BrNO/c1-12-9-13(2)18(14(3)10-12)22-19(23)15-7-8-16(17(21)11-15)20(4,5)6/h7-11H,1-6H3,(H,22,23). The average molecular weight is 374 g/mol. The number of amides is 1. The number of aryl methyl sites for hydroxylation is 3. The first-order chi connectivity index (χ1) is 10.6. The van der Waals surface area contributed by atoms with Crippen LogP contribution in [0.2, 0.25) is 0 Å². The zero-order valence-electron chi connectivity index (χ0n) is 14.7. The molecule has 2 aromatic rings. The summed E-state index contributed by atoms with van der Waals surface area (Å²) in [4.78, 5) is 12.6. The second-order valence-electron chi connectivity index (χ2n) is 7.17. The normalized spacial score (nSPS) is 11.4. The third kappa shape index (κ3) is 4.03. The molecule has 0 aliphatic heterocycles. The average Bonchev–Trinajstić information content (AvgIpc) is 2.40. The maximum atomic E-state index is 12.6. The Balaban J connectivity index is 2.31. The number of halogens is 1. The van der Waals surface area contributed by atoms with Crippen LogP contribution in [-0.4, -0.2) is 5.91 Å². The zero-order valence-corrected chi connectivity index (χ0v) is 16.3. The van der Waals surface area contributed by atoms with Gasteiger partial charge < -0.3 is 5.32 Å². The Labute approximate surface area is 147 Å². The predicted octanol–water partition coefficient (Wildman–Crippen LogP) is 5.92. The summed E-state index contributed by atoms with van der Waals surface area (Å²) in [5.74, 6) is -0.0822. The Morgan fingerprint density at radius 2 is 1.57 bits per heavy atom. The van der Waals surface area contributed by atoms with Crippen LogP contribution in [0.15, 0.2) is 34.8 Å². The minimum absolute atomic E-state index is 0.0397. The topological polar surface area (TPSA) is 29.1 Å². The molecular formula is C20H24BrNO. The van der Waals surface area contributed by atoms with Crippen LogP contribution in [0, 0.1) is 20.8 Å². The molecule has 0 saturated heterocycles. The van der Waals surface area contributed by atoms with Gasteiger partial charge in [0, 0.05) is 15.7 Å². The van der Waals surface area contributed by atoms with E-state index < -0.39 is 0 Å². The fourth-order valence-corrected chi connectivity index (χ4v) is 3.80. The van der Waals surface area contributed by atoms with Crippen molar-refractivity contribution in [3.8, 4) is 0 Å². The van der Waals surface area contributed by atoms with Gasteiger partial charge in [-0.25, -0.2) is 0 Å². The molecule has 1 N–H and O–H groups in total. The van der Waals surface area contributed by atoms with Crippen LogP contribution in [0.25, 0.3) is 0 Å². The number of rotatable bonds is 2. The number of hydrogen-bond donors (Lipinski definition) is 1. The van der Waals surface area contributed by atoms with E-state index in [0.717, 1.165) is 21.3 Å². The summed E-state index contributed by atoms with van der Waals surface area (Å²) in [6.07, 6.45) is 0. The van der Waals surface area contributed by atoms with Gasteiger partial charge in [-0.3, -0.25) is 4.79 Å². The lowest BCUT2D eigenvalue weighted by molar-refractivity contribution is 0.102. The van der Waals surface area contributed by atoms with Gasteiger partial charge in [0.05, 0.1) is 0 Å². The van der Waals surface area contributed by atoms with E-state index in [4.69, 9.17) is 0 Å². The van der Waals surface area contributed by atoms with E-state index in [2.05, 4.69) is 61.1 Å². The third-order valence-electron chi connectivity index (χ3n) is 3.95. The molecule has 0 saturated carbocycles. The molecule has 0 aromatic heterocycles. The molecule has 122 valence electrons. The molecule has 2 nitrogen and oxygen atoms in total. The fourth-order valence-electron chi connectivity index (χ4n) is 2.83. The van der Waals surface area contributed by atoms with E-state index in [9.17, 15) is 4.79 Å². The fraction of sp³-hybridized carbons (Fsp3) is 0.350. The smallest absolute Gasteiger partial charge is 0.255 e. The number of carbonyl (C=O) groups is 1. The highest BCUT2D eigenvalue weighted by molar-refractivity contribution is 9.10. The van der Waals surface area contributed by atoms with Crippen LogP contribution < -0.4 is 5.32 Å². The van der Waals surface area contributed by atoms with Crippen molar-refractivity contribution in [1.82, 2.24) is 0 Å². The highest BCUT2D eigenvalue weighted by Crippen LogP contribution is 2.31. The highest BCUT2D eigenvalue weighted by atomic mass is 79.9. The van der Waals surface area contributed by atoms with Crippen molar-refractivity contribution in [3.63, 3.8) is 0 Å².